The minimum Gasteiger partial charge on any atom is -0.0773 e. The van der Waals surface area contributed by atoms with Gasteiger partial charge in [-0.25, -0.2) is 0 Å². The minimum atomic E-state index is 0.693. The van der Waals surface area contributed by atoms with Crippen LogP contribution in [0.5, 0.6) is 0 Å². The number of rotatable bonds is 2. The van der Waals surface area contributed by atoms with Crippen LogP contribution in [-0.4, -0.2) is 0 Å². The lowest BCUT2D eigenvalue weighted by molar-refractivity contribution is -0.0306. The predicted octanol–water partition coefficient (Wildman–Crippen LogP) is 3.99. The normalized spacial score (nSPS) is 42.1. The molecule has 0 amide bonds. The van der Waals surface area contributed by atoms with Gasteiger partial charge in [-0.3, -0.25) is 0 Å². The summed E-state index contributed by atoms with van der Waals surface area (Å²) in [5.74, 6) is 4.82. The van der Waals surface area contributed by atoms with Crippen molar-refractivity contribution in [3.8, 4) is 0 Å². The van der Waals surface area contributed by atoms with Gasteiger partial charge in [0.05, 0.1) is 0 Å². The maximum absolute atomic E-state index is 2.42. The van der Waals surface area contributed by atoms with E-state index in [9.17, 15) is 0 Å². The van der Waals surface area contributed by atoms with Gasteiger partial charge in [0, 0.05) is 0 Å². The summed E-state index contributed by atoms with van der Waals surface area (Å²) in [5, 5.41) is 0. The Morgan fingerprint density at radius 3 is 1.19 bits per heavy atom. The Labute approximate surface area is 98.4 Å². The number of hydrogen-bond donors (Lipinski definition) is 0. The number of hydrogen-bond acceptors (Lipinski definition) is 0. The standard InChI is InChI=1S/C16H20/c1-11-12(2)16(14-9-5-6-10-14)15(11)13-7-3-4-8-13/h3-16H,1-2H3/t11-,12+,15-,16+. The Bertz CT molecular complexity index is 321. The van der Waals surface area contributed by atoms with E-state index in [2.05, 4.69) is 62.5 Å². The van der Waals surface area contributed by atoms with Gasteiger partial charge in [-0.2, -0.15) is 0 Å². The zero-order valence-corrected chi connectivity index (χ0v) is 10.1. The lowest BCUT2D eigenvalue weighted by Crippen LogP contribution is -2.49. The summed E-state index contributed by atoms with van der Waals surface area (Å²) in [4.78, 5) is 0. The molecule has 0 heteroatoms. The molecule has 0 spiro atoms. The Balaban J connectivity index is 1.80. The van der Waals surface area contributed by atoms with Crippen LogP contribution in [0, 0.1) is 35.5 Å². The van der Waals surface area contributed by atoms with Gasteiger partial charge >= 0.3 is 0 Å². The molecule has 0 bridgehead atoms. The molecule has 3 aliphatic rings. The van der Waals surface area contributed by atoms with Crippen molar-refractivity contribution in [3.05, 3.63) is 48.6 Å². The average molecular weight is 212 g/mol. The fraction of sp³-hybridized carbons (Fsp3) is 0.500. The summed E-state index contributed by atoms with van der Waals surface area (Å²) in [6.45, 7) is 4.85. The van der Waals surface area contributed by atoms with Crippen LogP contribution < -0.4 is 0 Å². The molecule has 0 N–H and O–H groups in total. The van der Waals surface area contributed by atoms with Crippen molar-refractivity contribution in [2.45, 2.75) is 13.8 Å². The van der Waals surface area contributed by atoms with Gasteiger partial charge in [0.2, 0.25) is 0 Å². The second-order valence-corrected chi connectivity index (χ2v) is 5.57. The van der Waals surface area contributed by atoms with E-state index in [1.807, 2.05) is 0 Å². The third-order valence-electron chi connectivity index (χ3n) is 4.93. The minimum absolute atomic E-state index is 0.693. The van der Waals surface area contributed by atoms with E-state index in [1.165, 1.54) is 0 Å². The van der Waals surface area contributed by atoms with Crippen LogP contribution in [0.4, 0.5) is 0 Å². The molecule has 84 valence electrons. The molecule has 0 heterocycles. The molecule has 0 aromatic rings. The summed E-state index contributed by atoms with van der Waals surface area (Å²) in [5.41, 5.74) is 0. The Kier molecular flexibility index (Phi) is 2.38. The molecule has 3 rings (SSSR count). The van der Waals surface area contributed by atoms with Crippen LogP contribution in [0.3, 0.4) is 0 Å². The molecular formula is C16H20. The Morgan fingerprint density at radius 1 is 0.562 bits per heavy atom. The topological polar surface area (TPSA) is 0 Å². The van der Waals surface area contributed by atoms with Crippen molar-refractivity contribution in [3.63, 3.8) is 0 Å². The highest BCUT2D eigenvalue weighted by Gasteiger charge is 2.49. The van der Waals surface area contributed by atoms with Crippen molar-refractivity contribution in [2.75, 3.05) is 0 Å². The van der Waals surface area contributed by atoms with Crippen molar-refractivity contribution in [1.29, 1.82) is 0 Å². The van der Waals surface area contributed by atoms with Gasteiger partial charge in [0.25, 0.3) is 0 Å². The zero-order chi connectivity index (χ0) is 11.1. The lowest BCUT2D eigenvalue weighted by atomic mass is 9.51. The van der Waals surface area contributed by atoms with Crippen molar-refractivity contribution in [2.24, 2.45) is 35.5 Å². The van der Waals surface area contributed by atoms with Gasteiger partial charge in [0.1, 0.15) is 0 Å². The monoisotopic (exact) mass is 212 g/mol. The summed E-state index contributed by atoms with van der Waals surface area (Å²) in [7, 11) is 0. The van der Waals surface area contributed by atoms with E-state index in [1.54, 1.807) is 0 Å². The first-order valence-corrected chi connectivity index (χ1v) is 6.49. The SMILES string of the molecule is C[C@@H]1[C@H](C)[C@@H](C2C=CC=C2)[C@H]1C1C=CC=C1. The maximum Gasteiger partial charge on any atom is -0.00132 e. The molecule has 0 aromatic heterocycles. The first-order chi connectivity index (χ1) is 7.79. The molecular weight excluding hydrogens is 192 g/mol. The van der Waals surface area contributed by atoms with Crippen LogP contribution in [0.2, 0.25) is 0 Å². The van der Waals surface area contributed by atoms with E-state index < -0.39 is 0 Å². The largest absolute Gasteiger partial charge is 0.0773 e. The summed E-state index contributed by atoms with van der Waals surface area (Å²) < 4.78 is 0. The third kappa shape index (κ3) is 1.36. The van der Waals surface area contributed by atoms with Crippen LogP contribution in [0.15, 0.2) is 48.6 Å². The van der Waals surface area contributed by atoms with E-state index in [0.717, 1.165) is 23.7 Å². The molecule has 0 aromatic carbocycles. The Hall–Kier alpha value is -1.04. The molecule has 1 saturated carbocycles. The molecule has 1 fully saturated rings. The van der Waals surface area contributed by atoms with Crippen LogP contribution >= 0.6 is 0 Å². The van der Waals surface area contributed by atoms with Crippen LogP contribution in [0.1, 0.15) is 13.8 Å². The van der Waals surface area contributed by atoms with Gasteiger partial charge in [-0.05, 0) is 35.5 Å². The van der Waals surface area contributed by atoms with E-state index >= 15 is 0 Å². The van der Waals surface area contributed by atoms with E-state index in [4.69, 9.17) is 0 Å². The quantitative estimate of drug-likeness (QED) is 0.649. The molecule has 0 radical (unpaired) electrons. The molecule has 0 nitrogen and oxygen atoms in total. The average Bonchev–Trinajstić information content (AvgIpc) is 2.96. The van der Waals surface area contributed by atoms with Gasteiger partial charge in [-0.1, -0.05) is 62.5 Å². The molecule has 0 unspecified atom stereocenters. The van der Waals surface area contributed by atoms with Crippen LogP contribution in [0.25, 0.3) is 0 Å². The Morgan fingerprint density at radius 2 is 0.875 bits per heavy atom. The maximum atomic E-state index is 2.42. The van der Waals surface area contributed by atoms with E-state index in [0.29, 0.717) is 11.8 Å². The zero-order valence-electron chi connectivity index (χ0n) is 10.1. The fourth-order valence-corrected chi connectivity index (χ4v) is 3.88. The molecule has 16 heavy (non-hydrogen) atoms. The van der Waals surface area contributed by atoms with E-state index in [-0.39, 0.29) is 0 Å². The highest BCUT2D eigenvalue weighted by Crippen LogP contribution is 2.55. The highest BCUT2D eigenvalue weighted by atomic mass is 14.5. The van der Waals surface area contributed by atoms with Gasteiger partial charge < -0.3 is 0 Å². The number of allylic oxidation sites excluding steroid dienone is 8. The second kappa shape index (κ2) is 3.76. The summed E-state index contributed by atoms with van der Waals surface area (Å²) >= 11 is 0. The van der Waals surface area contributed by atoms with Crippen molar-refractivity contribution < 1.29 is 0 Å². The first-order valence-electron chi connectivity index (χ1n) is 6.49. The van der Waals surface area contributed by atoms with Gasteiger partial charge in [-0.15, -0.1) is 0 Å². The van der Waals surface area contributed by atoms with Crippen LogP contribution in [-0.2, 0) is 0 Å². The molecule has 3 aliphatic carbocycles. The summed E-state index contributed by atoms with van der Waals surface area (Å²) in [6.07, 6.45) is 18.3. The third-order valence-corrected chi connectivity index (χ3v) is 4.93. The van der Waals surface area contributed by atoms with Gasteiger partial charge in [0.15, 0.2) is 0 Å². The fourth-order valence-electron chi connectivity index (χ4n) is 3.88. The summed E-state index contributed by atoms with van der Waals surface area (Å²) in [6, 6.07) is 0. The van der Waals surface area contributed by atoms with Crippen molar-refractivity contribution >= 4 is 0 Å². The van der Waals surface area contributed by atoms with Crippen molar-refractivity contribution in [1.82, 2.24) is 0 Å². The predicted molar refractivity (Wildman–Crippen MR) is 68.8 cm³/mol. The molecule has 0 saturated heterocycles. The lowest BCUT2D eigenvalue weighted by Gasteiger charge is -2.53. The second-order valence-electron chi connectivity index (χ2n) is 5.57. The smallest absolute Gasteiger partial charge is 0.00132 e. The highest BCUT2D eigenvalue weighted by molar-refractivity contribution is 5.25. The molecule has 0 aliphatic heterocycles. The first kappa shape index (κ1) is 10.1. The molecule has 4 atom stereocenters.